The third kappa shape index (κ3) is 11.4. The van der Waals surface area contributed by atoms with Crippen LogP contribution in [0, 0.1) is 6.92 Å². The zero-order valence-corrected chi connectivity index (χ0v) is 64.2. The number of nitrogens with zero attached hydrogens (tertiary/aromatic N) is 2. The predicted molar refractivity (Wildman–Crippen MR) is 470 cm³/mol. The van der Waals surface area contributed by atoms with E-state index in [1.165, 1.54) is 15.6 Å². The molecule has 0 N–H and O–H groups in total. The summed E-state index contributed by atoms with van der Waals surface area (Å²) in [6, 6.07) is 123. The summed E-state index contributed by atoms with van der Waals surface area (Å²) in [6.07, 6.45) is 0. The van der Waals surface area contributed by atoms with E-state index < -0.39 is 45.4 Å². The Morgan fingerprint density at radius 1 is 0.284 bits per heavy atom. The van der Waals surface area contributed by atoms with Crippen molar-refractivity contribution in [3.05, 3.63) is 408 Å². The fourth-order valence-electron chi connectivity index (χ4n) is 19.0. The maximum Gasteiger partial charge on any atom is 0.338 e. The van der Waals surface area contributed by atoms with Gasteiger partial charge in [0.1, 0.15) is 26.4 Å². The third-order valence-corrected chi connectivity index (χ3v) is 28.8. The molecule has 10 nitrogen and oxygen atoms in total. The number of benzene rings is 17. The molecular formula is C103H70B2N2O8Si. The van der Waals surface area contributed by atoms with Gasteiger partial charge in [-0.25, -0.2) is 19.2 Å². The number of para-hydroxylation sites is 2. The van der Waals surface area contributed by atoms with Gasteiger partial charge in [0.05, 0.1) is 22.3 Å². The van der Waals surface area contributed by atoms with Gasteiger partial charge in [-0.15, -0.1) is 0 Å². The van der Waals surface area contributed by atoms with Crippen LogP contribution in [0.5, 0.6) is 0 Å². The number of hydrogen-bond acceptors (Lipinski definition) is 10. The van der Waals surface area contributed by atoms with E-state index in [-0.39, 0.29) is 26.4 Å². The minimum Gasteiger partial charge on any atom is -0.457 e. The molecule has 4 heterocycles. The molecule has 0 aromatic heterocycles. The van der Waals surface area contributed by atoms with E-state index in [0.29, 0.717) is 22.3 Å². The number of esters is 4. The lowest BCUT2D eigenvalue weighted by Gasteiger charge is -2.43. The highest BCUT2D eigenvalue weighted by Gasteiger charge is 2.50. The van der Waals surface area contributed by atoms with E-state index in [9.17, 15) is 9.59 Å². The number of hydrogen-bond donors (Lipinski definition) is 0. The Hall–Kier alpha value is -14.4. The zero-order chi connectivity index (χ0) is 77.7. The Morgan fingerprint density at radius 2 is 0.595 bits per heavy atom. The molecule has 13 heteroatoms. The van der Waals surface area contributed by atoms with Gasteiger partial charge in [-0.05, 0) is 205 Å². The normalized spacial score (nSPS) is 12.6. The first-order valence-electron chi connectivity index (χ1n) is 39.3. The van der Waals surface area contributed by atoms with Crippen LogP contribution in [0.3, 0.4) is 0 Å². The zero-order valence-electron chi connectivity index (χ0n) is 63.2. The van der Waals surface area contributed by atoms with Crippen LogP contribution in [0.2, 0.25) is 0 Å². The standard InChI is InChI=1S/C103H70B2N2O8Si/c1-65-51-80-82-52-72(102(110)114-63-68-33-15-4-16-34-68)56-91-98(82)105(86-50-48-71(101(109)113-62-67-31-13-3-14-32-67)55-90(86)106(91)74-37-19-6-20-38-74)88-59-84-93(116(76-41-23-8-24-42-76,77-43-25-9-26-44-77)78-45-27-10-28-46-78)60-81-83-53-73(103(111)115-64-69-35-17-5-18-36-69)57-92-99(83)104(87-58-79(65)96(94(80)88)97(84)95(81)87)85-49-47-70(100(108)112-61-66-29-11-2-12-30-66)54-89(85)107(92)75-39-21-7-22-40-75/h2-60H,61-64H2,1H3. The second-order valence-electron chi connectivity index (χ2n) is 30.5. The van der Waals surface area contributed by atoms with Gasteiger partial charge in [0.15, 0.2) is 8.07 Å². The molecule has 0 saturated carbocycles. The van der Waals surface area contributed by atoms with Crippen LogP contribution in [0.15, 0.2) is 358 Å². The van der Waals surface area contributed by atoms with Gasteiger partial charge in [-0.1, -0.05) is 296 Å². The van der Waals surface area contributed by atoms with Gasteiger partial charge in [0, 0.05) is 34.1 Å². The smallest absolute Gasteiger partial charge is 0.338 e. The molecule has 0 radical (unpaired) electrons. The summed E-state index contributed by atoms with van der Waals surface area (Å²) >= 11 is 0. The highest BCUT2D eigenvalue weighted by molar-refractivity contribution is 7.21. The van der Waals surface area contributed by atoms with Crippen molar-refractivity contribution in [3.8, 4) is 22.3 Å². The summed E-state index contributed by atoms with van der Waals surface area (Å²) < 4.78 is 25.2. The Kier molecular flexibility index (Phi) is 17.0. The molecule has 0 amide bonds. The highest BCUT2D eigenvalue weighted by atomic mass is 28.3. The fourth-order valence-corrected chi connectivity index (χ4v) is 23.9. The van der Waals surface area contributed by atoms with Crippen molar-refractivity contribution in [2.24, 2.45) is 0 Å². The molecule has 0 fully saturated rings. The molecule has 4 aliphatic heterocycles. The summed E-state index contributed by atoms with van der Waals surface area (Å²) in [6.45, 7) is 1.51. The summed E-state index contributed by atoms with van der Waals surface area (Å²) in [5.74, 6) is -1.92. The molecule has 0 spiro atoms. The fraction of sp³-hybridized carbons (Fsp3) is 0.0485. The topological polar surface area (TPSA) is 112 Å². The van der Waals surface area contributed by atoms with Crippen molar-refractivity contribution in [3.63, 3.8) is 0 Å². The lowest BCUT2D eigenvalue weighted by Crippen LogP contribution is -2.75. The highest BCUT2D eigenvalue weighted by Crippen LogP contribution is 2.50. The molecule has 4 aliphatic rings. The molecule has 0 bridgehead atoms. The van der Waals surface area contributed by atoms with Gasteiger partial charge in [0.2, 0.25) is 13.4 Å². The van der Waals surface area contributed by atoms with Crippen LogP contribution < -0.4 is 63.3 Å². The van der Waals surface area contributed by atoms with Crippen LogP contribution in [0.1, 0.15) is 69.2 Å². The van der Waals surface area contributed by atoms with Gasteiger partial charge in [-0.2, -0.15) is 0 Å². The van der Waals surface area contributed by atoms with Crippen LogP contribution >= 0.6 is 0 Å². The van der Waals surface area contributed by atoms with E-state index in [1.807, 2.05) is 194 Å². The molecule has 116 heavy (non-hydrogen) atoms. The first-order valence-corrected chi connectivity index (χ1v) is 41.3. The largest absolute Gasteiger partial charge is 0.457 e. The second-order valence-corrected chi connectivity index (χ2v) is 34.3. The molecule has 21 rings (SSSR count). The van der Waals surface area contributed by atoms with Crippen molar-refractivity contribution < 1.29 is 38.1 Å². The van der Waals surface area contributed by atoms with Crippen molar-refractivity contribution in [1.29, 1.82) is 0 Å². The molecule has 0 saturated heterocycles. The second kappa shape index (κ2) is 28.4. The SMILES string of the molecule is Cc1cc2c3c(cc4c([Si](c5ccccc5)(c5ccccc5)c5ccccc5)cc5c6c(cc1c3c46)B1c3ccc(C(=O)OCc4ccccc4)cc3N(c3ccccc3)c3cc(C(=O)OCc4ccccc4)cc-5c31)B1c3ccc(C(=O)OCc4ccccc4)cc3N(c3ccccc3)c3cc(C(=O)OCc4ccccc4)cc-2c31. The Labute approximate surface area is 672 Å². The van der Waals surface area contributed by atoms with E-state index >= 15 is 9.59 Å². The molecule has 0 atom stereocenters. The first kappa shape index (κ1) is 69.5. The predicted octanol–water partition coefficient (Wildman–Crippen LogP) is 16.3. The molecular weight excluding hydrogens is 1440 g/mol. The van der Waals surface area contributed by atoms with E-state index in [0.717, 1.165) is 154 Å². The van der Waals surface area contributed by atoms with Crippen LogP contribution in [0.4, 0.5) is 34.1 Å². The number of aryl methyl sites for hydroxylation is 1. The van der Waals surface area contributed by atoms with Crippen LogP contribution in [-0.2, 0) is 45.4 Å². The van der Waals surface area contributed by atoms with Gasteiger partial charge in [0.25, 0.3) is 0 Å². The van der Waals surface area contributed by atoms with Crippen molar-refractivity contribution >= 4 is 165 Å². The maximum atomic E-state index is 15.7. The number of carbonyl (C=O) groups is 4. The number of rotatable bonds is 18. The average molecular weight is 1510 g/mol. The van der Waals surface area contributed by atoms with E-state index in [4.69, 9.17) is 18.9 Å². The van der Waals surface area contributed by atoms with Crippen LogP contribution in [0.25, 0.3) is 54.6 Å². The molecule has 0 unspecified atom stereocenters. The molecule has 17 aromatic rings. The number of ether oxygens (including phenoxy) is 4. The van der Waals surface area contributed by atoms with E-state index in [1.54, 1.807) is 0 Å². The number of carbonyl (C=O) groups excluding carboxylic acids is 4. The van der Waals surface area contributed by atoms with Crippen LogP contribution in [-0.4, -0.2) is 45.4 Å². The minimum atomic E-state index is -3.67. The molecule has 0 aliphatic carbocycles. The van der Waals surface area contributed by atoms with Crippen molar-refractivity contribution in [2.45, 2.75) is 33.4 Å². The van der Waals surface area contributed by atoms with Gasteiger partial charge in [-0.3, -0.25) is 0 Å². The molecule has 17 aromatic carbocycles. The molecule has 550 valence electrons. The lowest BCUT2D eigenvalue weighted by molar-refractivity contribution is 0.0464. The van der Waals surface area contributed by atoms with Crippen molar-refractivity contribution in [1.82, 2.24) is 0 Å². The Morgan fingerprint density at radius 3 is 0.966 bits per heavy atom. The maximum absolute atomic E-state index is 15.7. The number of anilines is 6. The summed E-state index contributed by atoms with van der Waals surface area (Å²) in [5, 5.41) is 11.0. The quantitative estimate of drug-likeness (QED) is 0.0271. The summed E-state index contributed by atoms with van der Waals surface area (Å²) in [7, 11) is -3.67. The third-order valence-electron chi connectivity index (χ3n) is 24.0. The Balaban J connectivity index is 0.902. The Bertz CT molecular complexity index is 6710. The lowest BCUT2D eigenvalue weighted by atomic mass is 9.31. The minimum absolute atomic E-state index is 0.0456. The number of fused-ring (bicyclic) bond motifs is 8. The monoisotopic (exact) mass is 1510 g/mol. The first-order chi connectivity index (χ1) is 57.1. The van der Waals surface area contributed by atoms with E-state index in [2.05, 4.69) is 181 Å². The summed E-state index contributed by atoms with van der Waals surface area (Å²) in [5.41, 5.74) is 20.4. The van der Waals surface area contributed by atoms with Gasteiger partial charge < -0.3 is 28.7 Å². The van der Waals surface area contributed by atoms with Gasteiger partial charge >= 0.3 is 23.9 Å². The average Bonchev–Trinajstić information content (AvgIpc) is 0.659. The summed E-state index contributed by atoms with van der Waals surface area (Å²) in [4.78, 5) is 65.3. The van der Waals surface area contributed by atoms with Crippen molar-refractivity contribution in [2.75, 3.05) is 9.80 Å².